The van der Waals surface area contributed by atoms with Gasteiger partial charge < -0.3 is 15.1 Å². The third-order valence-corrected chi connectivity index (χ3v) is 3.78. The van der Waals surface area contributed by atoms with E-state index in [1.165, 1.54) is 0 Å². The van der Waals surface area contributed by atoms with Crippen molar-refractivity contribution in [3.8, 4) is 0 Å². The van der Waals surface area contributed by atoms with Crippen molar-refractivity contribution in [1.82, 2.24) is 4.90 Å². The first-order valence-electron chi connectivity index (χ1n) is 6.76. The second-order valence-electron chi connectivity index (χ2n) is 5.13. The molecule has 100 valence electrons. The van der Waals surface area contributed by atoms with Gasteiger partial charge in [0, 0.05) is 18.5 Å². The Morgan fingerprint density at radius 1 is 1.42 bits per heavy atom. The highest BCUT2D eigenvalue weighted by Gasteiger charge is 2.28. The molecular weight excluding hydrogens is 240 g/mol. The summed E-state index contributed by atoms with van der Waals surface area (Å²) >= 11 is 0. The van der Waals surface area contributed by atoms with Gasteiger partial charge in [-0.05, 0) is 37.4 Å². The number of amides is 1. The minimum Gasteiger partial charge on any atom is -0.451 e. The van der Waals surface area contributed by atoms with Gasteiger partial charge in [0.25, 0.3) is 5.91 Å². The van der Waals surface area contributed by atoms with Gasteiger partial charge in [0.15, 0.2) is 5.76 Å². The molecule has 3 rings (SSSR count). The Morgan fingerprint density at radius 3 is 3.05 bits per heavy atom. The first kappa shape index (κ1) is 12.2. The van der Waals surface area contributed by atoms with E-state index in [-0.39, 0.29) is 5.91 Å². The summed E-state index contributed by atoms with van der Waals surface area (Å²) in [6.07, 6.45) is 2.03. The van der Waals surface area contributed by atoms with Crippen molar-refractivity contribution < 1.29 is 9.21 Å². The van der Waals surface area contributed by atoms with Crippen molar-refractivity contribution in [3.05, 3.63) is 36.1 Å². The number of likely N-dealkylation sites (tertiary alicyclic amines) is 1. The largest absolute Gasteiger partial charge is 0.451 e. The van der Waals surface area contributed by atoms with Crippen molar-refractivity contribution in [3.63, 3.8) is 0 Å². The maximum Gasteiger partial charge on any atom is 0.289 e. The van der Waals surface area contributed by atoms with Crippen LogP contribution in [0, 0.1) is 5.92 Å². The molecule has 19 heavy (non-hydrogen) atoms. The van der Waals surface area contributed by atoms with Crippen LogP contribution in [-0.4, -0.2) is 30.4 Å². The lowest BCUT2D eigenvalue weighted by atomic mass is 10.1. The number of carbonyl (C=O) groups excluding carboxylic acids is 1. The van der Waals surface area contributed by atoms with E-state index in [1.54, 1.807) is 0 Å². The summed E-state index contributed by atoms with van der Waals surface area (Å²) in [6.45, 7) is 2.30. The highest BCUT2D eigenvalue weighted by atomic mass is 16.3. The van der Waals surface area contributed by atoms with Crippen LogP contribution in [0.15, 0.2) is 34.7 Å². The summed E-state index contributed by atoms with van der Waals surface area (Å²) in [7, 11) is 0. The van der Waals surface area contributed by atoms with Gasteiger partial charge >= 0.3 is 0 Å². The maximum atomic E-state index is 12.4. The van der Waals surface area contributed by atoms with Gasteiger partial charge in [0.1, 0.15) is 5.58 Å². The number of rotatable bonds is 3. The fourth-order valence-electron chi connectivity index (χ4n) is 2.73. The molecule has 0 saturated carbocycles. The smallest absolute Gasteiger partial charge is 0.289 e. The molecule has 1 aromatic carbocycles. The second-order valence-corrected chi connectivity index (χ2v) is 5.13. The molecule has 2 aromatic rings. The van der Waals surface area contributed by atoms with Gasteiger partial charge in [-0.25, -0.2) is 0 Å². The van der Waals surface area contributed by atoms with Crippen LogP contribution < -0.4 is 5.73 Å². The van der Waals surface area contributed by atoms with Crippen LogP contribution in [-0.2, 0) is 0 Å². The van der Waals surface area contributed by atoms with Gasteiger partial charge in [0.2, 0.25) is 0 Å². The Labute approximate surface area is 112 Å². The Morgan fingerprint density at radius 2 is 2.26 bits per heavy atom. The number of hydrogen-bond acceptors (Lipinski definition) is 3. The maximum absolute atomic E-state index is 12.4. The molecule has 0 bridgehead atoms. The first-order chi connectivity index (χ1) is 9.28. The SMILES string of the molecule is NCCC1CCN(C(=O)c2cc3ccccc3o2)C1. The molecule has 2 N–H and O–H groups in total. The summed E-state index contributed by atoms with van der Waals surface area (Å²) in [5.74, 6) is 0.976. The zero-order valence-electron chi connectivity index (χ0n) is 10.8. The number of benzene rings is 1. The van der Waals surface area contributed by atoms with Crippen molar-refractivity contribution >= 4 is 16.9 Å². The van der Waals surface area contributed by atoms with Gasteiger partial charge in [-0.1, -0.05) is 18.2 Å². The predicted molar refractivity (Wildman–Crippen MR) is 73.9 cm³/mol. The second kappa shape index (κ2) is 5.05. The lowest BCUT2D eigenvalue weighted by Crippen LogP contribution is -2.28. The molecule has 1 aliphatic rings. The van der Waals surface area contributed by atoms with Crippen molar-refractivity contribution in [1.29, 1.82) is 0 Å². The fourth-order valence-corrected chi connectivity index (χ4v) is 2.73. The Balaban J connectivity index is 1.77. The molecule has 0 spiro atoms. The quantitative estimate of drug-likeness (QED) is 0.918. The molecule has 1 fully saturated rings. The van der Waals surface area contributed by atoms with Crippen LogP contribution in [0.2, 0.25) is 0 Å². The van der Waals surface area contributed by atoms with E-state index in [1.807, 2.05) is 35.2 Å². The number of hydrogen-bond donors (Lipinski definition) is 1. The lowest BCUT2D eigenvalue weighted by Gasteiger charge is -2.14. The molecule has 0 radical (unpaired) electrons. The van der Waals surface area contributed by atoms with Gasteiger partial charge in [0.05, 0.1) is 0 Å². The predicted octanol–water partition coefficient (Wildman–Crippen LogP) is 2.24. The molecule has 1 atom stereocenters. The van der Waals surface area contributed by atoms with E-state index in [0.29, 0.717) is 18.2 Å². The average Bonchev–Trinajstić information content (AvgIpc) is 3.04. The summed E-state index contributed by atoms with van der Waals surface area (Å²) in [5, 5.41) is 0.976. The molecule has 2 heterocycles. The topological polar surface area (TPSA) is 59.5 Å². The summed E-state index contributed by atoms with van der Waals surface area (Å²) in [4.78, 5) is 14.2. The molecule has 1 unspecified atom stereocenters. The Bertz CT molecular complexity index is 558. The normalized spacial score (nSPS) is 19.2. The summed E-state index contributed by atoms with van der Waals surface area (Å²) in [6, 6.07) is 9.52. The van der Waals surface area contributed by atoms with Crippen LogP contribution in [0.25, 0.3) is 11.0 Å². The summed E-state index contributed by atoms with van der Waals surface area (Å²) in [5.41, 5.74) is 6.34. The molecule has 1 saturated heterocycles. The van der Waals surface area contributed by atoms with E-state index >= 15 is 0 Å². The van der Waals surface area contributed by atoms with E-state index in [0.717, 1.165) is 36.9 Å². The van der Waals surface area contributed by atoms with Crippen molar-refractivity contribution in [2.45, 2.75) is 12.8 Å². The number of para-hydroxylation sites is 1. The number of nitrogens with two attached hydrogens (primary N) is 1. The van der Waals surface area contributed by atoms with Gasteiger partial charge in [-0.15, -0.1) is 0 Å². The third kappa shape index (κ3) is 2.36. The Kier molecular flexibility index (Phi) is 3.25. The monoisotopic (exact) mass is 258 g/mol. The molecule has 4 heteroatoms. The minimum atomic E-state index is -0.00396. The molecule has 0 aliphatic carbocycles. The van der Waals surface area contributed by atoms with Crippen molar-refractivity contribution in [2.24, 2.45) is 11.7 Å². The van der Waals surface area contributed by atoms with Crippen molar-refractivity contribution in [2.75, 3.05) is 19.6 Å². The standard InChI is InChI=1S/C15H18N2O2/c16-7-5-11-6-8-17(10-11)15(18)14-9-12-3-1-2-4-13(12)19-14/h1-4,9,11H,5-8,10,16H2. The Hall–Kier alpha value is -1.81. The van der Waals surface area contributed by atoms with Crippen LogP contribution in [0.4, 0.5) is 0 Å². The number of carbonyl (C=O) groups is 1. The van der Waals surface area contributed by atoms with E-state index in [4.69, 9.17) is 10.2 Å². The number of fused-ring (bicyclic) bond motifs is 1. The number of nitrogens with zero attached hydrogens (tertiary/aromatic N) is 1. The zero-order valence-corrected chi connectivity index (χ0v) is 10.8. The molecule has 1 aromatic heterocycles. The fraction of sp³-hybridized carbons (Fsp3) is 0.400. The molecular formula is C15H18N2O2. The first-order valence-corrected chi connectivity index (χ1v) is 6.76. The minimum absolute atomic E-state index is 0.00396. The van der Waals surface area contributed by atoms with Crippen LogP contribution in [0.1, 0.15) is 23.4 Å². The van der Waals surface area contributed by atoms with E-state index in [9.17, 15) is 4.79 Å². The zero-order chi connectivity index (χ0) is 13.2. The number of furan rings is 1. The molecule has 4 nitrogen and oxygen atoms in total. The third-order valence-electron chi connectivity index (χ3n) is 3.78. The van der Waals surface area contributed by atoms with Gasteiger partial charge in [-0.3, -0.25) is 4.79 Å². The highest BCUT2D eigenvalue weighted by molar-refractivity contribution is 5.96. The van der Waals surface area contributed by atoms with E-state index in [2.05, 4.69) is 0 Å². The highest BCUT2D eigenvalue weighted by Crippen LogP contribution is 2.24. The summed E-state index contributed by atoms with van der Waals surface area (Å²) < 4.78 is 5.62. The van der Waals surface area contributed by atoms with E-state index < -0.39 is 0 Å². The van der Waals surface area contributed by atoms with Crippen LogP contribution >= 0.6 is 0 Å². The average molecular weight is 258 g/mol. The molecule has 1 amide bonds. The lowest BCUT2D eigenvalue weighted by molar-refractivity contribution is 0.0757. The van der Waals surface area contributed by atoms with Gasteiger partial charge in [-0.2, -0.15) is 0 Å². The van der Waals surface area contributed by atoms with Crippen LogP contribution in [0.5, 0.6) is 0 Å². The van der Waals surface area contributed by atoms with Crippen LogP contribution in [0.3, 0.4) is 0 Å². The molecule has 1 aliphatic heterocycles.